The van der Waals surface area contributed by atoms with Gasteiger partial charge in [0.1, 0.15) is 0 Å². The van der Waals surface area contributed by atoms with Gasteiger partial charge in [-0.2, -0.15) is 8.42 Å². The third kappa shape index (κ3) is 4.90. The van der Waals surface area contributed by atoms with Crippen molar-refractivity contribution in [3.8, 4) is 0 Å². The molecule has 0 radical (unpaired) electrons. The summed E-state index contributed by atoms with van der Waals surface area (Å²) >= 11 is 0. The van der Waals surface area contributed by atoms with Gasteiger partial charge in [-0.3, -0.25) is 9.35 Å². The minimum Gasteiger partial charge on any atom is -0.325 e. The van der Waals surface area contributed by atoms with Gasteiger partial charge in [-0.25, -0.2) is 0 Å². The molecule has 1 N–H and O–H groups in total. The van der Waals surface area contributed by atoms with Crippen LogP contribution in [0.3, 0.4) is 0 Å². The smallest absolute Gasteiger partial charge is 0.325 e. The van der Waals surface area contributed by atoms with E-state index in [-0.39, 0.29) is 0 Å². The lowest BCUT2D eigenvalue weighted by Gasteiger charge is -2.61. The quantitative estimate of drug-likeness (QED) is 0.402. The molecule has 4 aliphatic rings. The number of carbonyl (C=O) groups excluding carboxylic acids is 1. The minimum atomic E-state index is -4.72. The number of hydrogen-bond acceptors (Lipinski definition) is 4. The van der Waals surface area contributed by atoms with Crippen LogP contribution in [0.25, 0.3) is 0 Å². The molecule has 0 bridgehead atoms. The van der Waals surface area contributed by atoms with E-state index in [9.17, 15) is 13.2 Å². The van der Waals surface area contributed by atoms with Crippen molar-refractivity contribution in [2.24, 2.45) is 52.3 Å². The predicted molar refractivity (Wildman–Crippen MR) is 130 cm³/mol. The molecule has 0 aliphatic heterocycles. The van der Waals surface area contributed by atoms with Crippen molar-refractivity contribution in [2.75, 3.05) is 0 Å². The van der Waals surface area contributed by atoms with Crippen LogP contribution in [0, 0.1) is 52.3 Å². The Hall–Kier alpha value is -0.620. The molecule has 0 heterocycles. The Morgan fingerprint density at radius 3 is 2.39 bits per heavy atom. The highest BCUT2D eigenvalue weighted by molar-refractivity contribution is 7.81. The predicted octanol–water partition coefficient (Wildman–Crippen LogP) is 6.82. The Kier molecular flexibility index (Phi) is 7.29. The van der Waals surface area contributed by atoms with Crippen molar-refractivity contribution in [1.82, 2.24) is 0 Å². The van der Waals surface area contributed by atoms with Gasteiger partial charge in [-0.1, -0.05) is 53.4 Å². The van der Waals surface area contributed by atoms with Crippen molar-refractivity contribution >= 4 is 16.4 Å². The molecule has 0 aromatic rings. The maximum absolute atomic E-state index is 11.8. The fraction of sp³-hybridized carbons (Fsp3) is 0.963. The Labute approximate surface area is 201 Å². The molecule has 190 valence electrons. The van der Waals surface area contributed by atoms with Crippen molar-refractivity contribution in [3.05, 3.63) is 0 Å². The molecule has 0 spiro atoms. The van der Waals surface area contributed by atoms with Crippen molar-refractivity contribution in [2.45, 2.75) is 111 Å². The molecule has 4 rings (SSSR count). The minimum absolute atomic E-state index is 0.452. The van der Waals surface area contributed by atoms with Gasteiger partial charge in [-0.05, 0) is 104 Å². The number of hydrogen-bond donors (Lipinski definition) is 1. The molecule has 0 aromatic carbocycles. The Balaban J connectivity index is 1.34. The van der Waals surface area contributed by atoms with E-state index in [1.165, 1.54) is 64.2 Å². The van der Waals surface area contributed by atoms with E-state index >= 15 is 0 Å². The van der Waals surface area contributed by atoms with Gasteiger partial charge in [0, 0.05) is 0 Å². The highest BCUT2D eigenvalue weighted by Gasteiger charge is 2.60. The molecular formula is C27H46O5S. The molecule has 6 heteroatoms. The number of rotatable bonds is 7. The van der Waals surface area contributed by atoms with Crippen LogP contribution in [0.2, 0.25) is 0 Å². The van der Waals surface area contributed by atoms with E-state index in [1.807, 2.05) is 0 Å². The van der Waals surface area contributed by atoms with Crippen LogP contribution < -0.4 is 0 Å². The van der Waals surface area contributed by atoms with E-state index in [1.54, 1.807) is 6.92 Å². The molecule has 0 aromatic heterocycles. The molecule has 4 fully saturated rings. The highest BCUT2D eigenvalue weighted by atomic mass is 32.3. The van der Waals surface area contributed by atoms with Crippen LogP contribution in [0.5, 0.6) is 0 Å². The summed E-state index contributed by atoms with van der Waals surface area (Å²) < 4.78 is 34.4. The molecule has 4 saturated carbocycles. The molecule has 2 unspecified atom stereocenters. The molecule has 0 saturated heterocycles. The zero-order valence-electron chi connectivity index (χ0n) is 21.2. The molecule has 33 heavy (non-hydrogen) atoms. The second kappa shape index (κ2) is 9.44. The van der Waals surface area contributed by atoms with Gasteiger partial charge < -0.3 is 4.18 Å². The largest absolute Gasteiger partial charge is 0.448 e. The van der Waals surface area contributed by atoms with Crippen molar-refractivity contribution in [3.63, 3.8) is 0 Å². The summed E-state index contributed by atoms with van der Waals surface area (Å²) in [4.78, 5) is 11.8. The first kappa shape index (κ1) is 25.5. The summed E-state index contributed by atoms with van der Waals surface area (Å²) in [6.45, 7) is 9.32. The third-order valence-corrected chi connectivity index (χ3v) is 11.6. The van der Waals surface area contributed by atoms with Crippen LogP contribution in [0.4, 0.5) is 0 Å². The lowest BCUT2D eigenvalue weighted by molar-refractivity contribution is -0.138. The van der Waals surface area contributed by atoms with E-state index in [0.717, 1.165) is 42.4 Å². The van der Waals surface area contributed by atoms with Crippen molar-refractivity contribution < 1.29 is 21.9 Å². The number of carbonyl (C=O) groups is 1. The summed E-state index contributed by atoms with van der Waals surface area (Å²) in [5.41, 5.74) is 1.05. The second-order valence-corrected chi connectivity index (χ2v) is 13.8. The molecule has 4 aliphatic carbocycles. The highest BCUT2D eigenvalue weighted by Crippen LogP contribution is 2.68. The van der Waals surface area contributed by atoms with Crippen LogP contribution in [-0.2, 0) is 19.4 Å². The van der Waals surface area contributed by atoms with Gasteiger partial charge >= 0.3 is 16.4 Å². The summed E-state index contributed by atoms with van der Waals surface area (Å²) in [6, 6.07) is 0. The first-order valence-corrected chi connectivity index (χ1v) is 15.0. The van der Waals surface area contributed by atoms with Gasteiger partial charge in [0.2, 0.25) is 0 Å². The first-order valence-electron chi connectivity index (χ1n) is 13.7. The lowest BCUT2D eigenvalue weighted by atomic mass is 9.44. The van der Waals surface area contributed by atoms with E-state index in [0.29, 0.717) is 23.2 Å². The summed E-state index contributed by atoms with van der Waals surface area (Å²) in [6.07, 6.45) is 16.8. The Morgan fingerprint density at radius 2 is 1.67 bits per heavy atom. The molecule has 9 atom stereocenters. The van der Waals surface area contributed by atoms with E-state index in [4.69, 9.17) is 4.55 Å². The molecule has 5 nitrogen and oxygen atoms in total. The average Bonchev–Trinajstić information content (AvgIpc) is 3.09. The van der Waals surface area contributed by atoms with Crippen molar-refractivity contribution in [1.29, 1.82) is 0 Å². The normalized spacial score (nSPS) is 42.5. The lowest BCUT2D eigenvalue weighted by Crippen LogP contribution is -2.53. The zero-order chi connectivity index (χ0) is 24.0. The first-order chi connectivity index (χ1) is 15.5. The average molecular weight is 483 g/mol. The standard InChI is InChI=1S/C27H46O5S/c1-18(8-7-9-19(2)25(28)32-33(29,30)31)22-13-14-23-21-12-11-20-10-5-6-16-26(20,3)24(21)15-17-27(22,23)4/h18-24H,5-17H2,1-4H3,(H,29,30,31)/t18-,19?,20?,21+,22-,23+,24+,26+,27-/m1/s1. The van der Waals surface area contributed by atoms with E-state index < -0.39 is 22.3 Å². The van der Waals surface area contributed by atoms with Gasteiger partial charge in [-0.15, -0.1) is 0 Å². The fourth-order valence-electron chi connectivity index (χ4n) is 9.52. The summed E-state index contributed by atoms with van der Waals surface area (Å²) in [5, 5.41) is 0. The second-order valence-electron chi connectivity index (χ2n) is 12.8. The summed E-state index contributed by atoms with van der Waals surface area (Å²) in [7, 11) is -4.72. The van der Waals surface area contributed by atoms with Crippen LogP contribution in [-0.4, -0.2) is 18.9 Å². The molecular weight excluding hydrogens is 436 g/mol. The van der Waals surface area contributed by atoms with Crippen LogP contribution >= 0.6 is 0 Å². The number of fused-ring (bicyclic) bond motifs is 5. The van der Waals surface area contributed by atoms with Crippen LogP contribution in [0.15, 0.2) is 0 Å². The SMILES string of the molecule is CC(CCC[C@@H](C)[C@H]1CC[C@H]2[C@@H]3CCC4CCCC[C@]4(C)[C@H]3CC[C@]12C)C(=O)OS(=O)(=O)O. The monoisotopic (exact) mass is 482 g/mol. The maximum Gasteiger partial charge on any atom is 0.448 e. The van der Waals surface area contributed by atoms with E-state index in [2.05, 4.69) is 25.0 Å². The van der Waals surface area contributed by atoms with Gasteiger partial charge in [0.25, 0.3) is 0 Å². The fourth-order valence-corrected chi connectivity index (χ4v) is 9.89. The Morgan fingerprint density at radius 1 is 0.939 bits per heavy atom. The Bertz CT molecular complexity index is 824. The van der Waals surface area contributed by atoms with Gasteiger partial charge in [0.15, 0.2) is 0 Å². The topological polar surface area (TPSA) is 80.7 Å². The third-order valence-electron chi connectivity index (χ3n) is 11.2. The maximum atomic E-state index is 11.8. The van der Waals surface area contributed by atoms with Gasteiger partial charge in [0.05, 0.1) is 5.92 Å². The zero-order valence-corrected chi connectivity index (χ0v) is 22.0. The summed E-state index contributed by atoms with van der Waals surface area (Å²) in [5.74, 6) is 3.71. The molecule has 0 amide bonds. The van der Waals surface area contributed by atoms with Crippen LogP contribution in [0.1, 0.15) is 111 Å².